The van der Waals surface area contributed by atoms with Crippen LogP contribution >= 0.6 is 15.9 Å². The van der Waals surface area contributed by atoms with Crippen molar-refractivity contribution in [2.75, 3.05) is 18.5 Å². The number of rotatable bonds is 4. The summed E-state index contributed by atoms with van der Waals surface area (Å²) in [5.74, 6) is 0. The second-order valence-corrected chi connectivity index (χ2v) is 5.30. The summed E-state index contributed by atoms with van der Waals surface area (Å²) < 4.78 is 0.779. The molecule has 2 N–H and O–H groups in total. The maximum absolute atomic E-state index is 9.14. The number of nitrogens with one attached hydrogen (secondary N) is 1. The molecule has 0 spiro atoms. The minimum atomic E-state index is -0.199. The summed E-state index contributed by atoms with van der Waals surface area (Å²) >= 11 is 3.33. The predicted octanol–water partition coefficient (Wildman–Crippen LogP) is 2.75. The van der Waals surface area contributed by atoms with Crippen LogP contribution in [0.5, 0.6) is 0 Å². The fraction of sp³-hybridized carbons (Fsp3) is 0.417. The normalized spacial score (nSPS) is 10.9. The van der Waals surface area contributed by atoms with Gasteiger partial charge in [0.15, 0.2) is 0 Å². The van der Waals surface area contributed by atoms with Crippen LogP contribution in [0.15, 0.2) is 22.7 Å². The van der Waals surface area contributed by atoms with Crippen LogP contribution in [0.1, 0.15) is 19.4 Å². The molecule has 0 amide bonds. The quantitative estimate of drug-likeness (QED) is 0.893. The highest BCUT2D eigenvalue weighted by Gasteiger charge is 2.16. The first kappa shape index (κ1) is 13.0. The van der Waals surface area contributed by atoms with E-state index in [2.05, 4.69) is 27.3 Å². The van der Waals surface area contributed by atoms with Gasteiger partial charge in [0.05, 0.1) is 11.3 Å². The summed E-state index contributed by atoms with van der Waals surface area (Å²) in [6.07, 6.45) is 0. The number of anilines is 1. The van der Waals surface area contributed by atoms with Crippen molar-refractivity contribution in [2.24, 2.45) is 5.41 Å². The van der Waals surface area contributed by atoms with Crippen molar-refractivity contribution in [3.05, 3.63) is 28.2 Å². The molecule has 0 heterocycles. The fourth-order valence-electron chi connectivity index (χ4n) is 1.18. The van der Waals surface area contributed by atoms with Gasteiger partial charge in [0.2, 0.25) is 0 Å². The summed E-state index contributed by atoms with van der Waals surface area (Å²) in [5.41, 5.74) is 1.18. The third-order valence-corrected chi connectivity index (χ3v) is 2.97. The summed E-state index contributed by atoms with van der Waals surface area (Å²) in [7, 11) is 0. The average Bonchev–Trinajstić information content (AvgIpc) is 2.26. The molecule has 0 bridgehead atoms. The summed E-state index contributed by atoms with van der Waals surface area (Å²) in [6, 6.07) is 7.71. The van der Waals surface area contributed by atoms with Crippen LogP contribution in [0.2, 0.25) is 0 Å². The Kier molecular flexibility index (Phi) is 4.34. The van der Waals surface area contributed by atoms with Gasteiger partial charge in [-0.15, -0.1) is 0 Å². The Hall–Kier alpha value is -1.05. The molecule has 0 fully saturated rings. The van der Waals surface area contributed by atoms with E-state index >= 15 is 0 Å². The Morgan fingerprint density at radius 2 is 2.19 bits per heavy atom. The number of halogens is 1. The van der Waals surface area contributed by atoms with Gasteiger partial charge < -0.3 is 10.4 Å². The maximum atomic E-state index is 9.14. The van der Waals surface area contributed by atoms with Crippen molar-refractivity contribution in [3.63, 3.8) is 0 Å². The lowest BCUT2D eigenvalue weighted by molar-refractivity contribution is 0.171. The third-order valence-electron chi connectivity index (χ3n) is 2.31. The van der Waals surface area contributed by atoms with Crippen LogP contribution in [-0.2, 0) is 0 Å². The molecule has 0 aliphatic rings. The van der Waals surface area contributed by atoms with Gasteiger partial charge in [-0.25, -0.2) is 0 Å². The SMILES string of the molecule is CC(C)(CO)CNc1cccc(Br)c1C#N. The van der Waals surface area contributed by atoms with E-state index in [9.17, 15) is 0 Å². The first-order valence-corrected chi connectivity index (χ1v) is 5.83. The second kappa shape index (κ2) is 5.33. The number of aliphatic hydroxyl groups excluding tert-OH is 1. The average molecular weight is 283 g/mol. The third kappa shape index (κ3) is 3.22. The first-order chi connectivity index (χ1) is 7.50. The van der Waals surface area contributed by atoms with Gasteiger partial charge in [0.25, 0.3) is 0 Å². The van der Waals surface area contributed by atoms with Crippen molar-refractivity contribution in [1.82, 2.24) is 0 Å². The van der Waals surface area contributed by atoms with Crippen LogP contribution in [-0.4, -0.2) is 18.3 Å². The van der Waals surface area contributed by atoms with Crippen LogP contribution < -0.4 is 5.32 Å². The van der Waals surface area contributed by atoms with Gasteiger partial charge in [0, 0.05) is 23.0 Å². The number of nitriles is 1. The lowest BCUT2D eigenvalue weighted by Gasteiger charge is -2.23. The monoisotopic (exact) mass is 282 g/mol. The molecule has 1 rings (SSSR count). The van der Waals surface area contributed by atoms with Crippen LogP contribution in [0.4, 0.5) is 5.69 Å². The molecule has 0 aromatic heterocycles. The highest BCUT2D eigenvalue weighted by atomic mass is 79.9. The van der Waals surface area contributed by atoms with E-state index in [1.165, 1.54) is 0 Å². The second-order valence-electron chi connectivity index (χ2n) is 4.45. The van der Waals surface area contributed by atoms with E-state index < -0.39 is 0 Å². The van der Waals surface area contributed by atoms with E-state index in [1.54, 1.807) is 0 Å². The molecular weight excluding hydrogens is 268 g/mol. The van der Waals surface area contributed by atoms with E-state index in [-0.39, 0.29) is 12.0 Å². The number of hydrogen-bond donors (Lipinski definition) is 2. The molecule has 0 unspecified atom stereocenters. The standard InChI is InChI=1S/C12H15BrN2O/c1-12(2,8-16)7-15-11-5-3-4-10(13)9(11)6-14/h3-5,15-16H,7-8H2,1-2H3. The van der Waals surface area contributed by atoms with Crippen molar-refractivity contribution in [2.45, 2.75) is 13.8 Å². The molecule has 86 valence electrons. The van der Waals surface area contributed by atoms with Crippen molar-refractivity contribution >= 4 is 21.6 Å². The number of aliphatic hydroxyl groups is 1. The number of benzene rings is 1. The molecule has 0 saturated carbocycles. The summed E-state index contributed by atoms with van der Waals surface area (Å²) in [5, 5.41) is 21.3. The van der Waals surface area contributed by atoms with Gasteiger partial charge in [-0.2, -0.15) is 5.26 Å². The fourth-order valence-corrected chi connectivity index (χ4v) is 1.63. The van der Waals surface area contributed by atoms with Gasteiger partial charge in [0.1, 0.15) is 6.07 Å². The minimum Gasteiger partial charge on any atom is -0.396 e. The summed E-state index contributed by atoms with van der Waals surface area (Å²) in [6.45, 7) is 4.65. The van der Waals surface area contributed by atoms with Gasteiger partial charge in [-0.3, -0.25) is 0 Å². The highest BCUT2D eigenvalue weighted by molar-refractivity contribution is 9.10. The van der Waals surface area contributed by atoms with Crippen LogP contribution in [0, 0.1) is 16.7 Å². The van der Waals surface area contributed by atoms with Crippen molar-refractivity contribution < 1.29 is 5.11 Å². The highest BCUT2D eigenvalue weighted by Crippen LogP contribution is 2.25. The molecule has 1 aromatic rings. The smallest absolute Gasteiger partial charge is 0.103 e. The lowest BCUT2D eigenvalue weighted by atomic mass is 9.95. The van der Waals surface area contributed by atoms with Crippen LogP contribution in [0.3, 0.4) is 0 Å². The van der Waals surface area contributed by atoms with Crippen molar-refractivity contribution in [1.29, 1.82) is 5.26 Å². The Morgan fingerprint density at radius 3 is 2.75 bits per heavy atom. The molecule has 0 saturated heterocycles. The Labute approximate surface area is 104 Å². The van der Waals surface area contributed by atoms with E-state index in [0.29, 0.717) is 12.1 Å². The van der Waals surface area contributed by atoms with Crippen molar-refractivity contribution in [3.8, 4) is 6.07 Å². The Morgan fingerprint density at radius 1 is 1.50 bits per heavy atom. The molecule has 0 aliphatic carbocycles. The van der Waals surface area contributed by atoms with Gasteiger partial charge >= 0.3 is 0 Å². The molecule has 0 radical (unpaired) electrons. The largest absolute Gasteiger partial charge is 0.396 e. The van der Waals surface area contributed by atoms with E-state index in [4.69, 9.17) is 10.4 Å². The molecule has 3 nitrogen and oxygen atoms in total. The lowest BCUT2D eigenvalue weighted by Crippen LogP contribution is -2.27. The molecule has 1 aromatic carbocycles. The van der Waals surface area contributed by atoms with Gasteiger partial charge in [-0.1, -0.05) is 19.9 Å². The van der Waals surface area contributed by atoms with E-state index in [1.807, 2.05) is 32.0 Å². The van der Waals surface area contributed by atoms with Crippen LogP contribution in [0.25, 0.3) is 0 Å². The Bertz CT molecular complexity index is 410. The first-order valence-electron chi connectivity index (χ1n) is 5.03. The number of nitrogens with zero attached hydrogens (tertiary/aromatic N) is 1. The predicted molar refractivity (Wildman–Crippen MR) is 68.2 cm³/mol. The van der Waals surface area contributed by atoms with Gasteiger partial charge in [-0.05, 0) is 28.1 Å². The molecule has 0 aliphatic heterocycles. The zero-order chi connectivity index (χ0) is 12.2. The molecule has 16 heavy (non-hydrogen) atoms. The molecule has 4 heteroatoms. The summed E-state index contributed by atoms with van der Waals surface area (Å²) in [4.78, 5) is 0. The molecule has 0 atom stereocenters. The topological polar surface area (TPSA) is 56.0 Å². The Balaban J connectivity index is 2.83. The zero-order valence-electron chi connectivity index (χ0n) is 9.42. The zero-order valence-corrected chi connectivity index (χ0v) is 11.0. The number of hydrogen-bond acceptors (Lipinski definition) is 3. The maximum Gasteiger partial charge on any atom is 0.103 e. The van der Waals surface area contributed by atoms with E-state index in [0.717, 1.165) is 10.2 Å². The molecular formula is C12H15BrN2O. The minimum absolute atomic E-state index is 0.107.